The van der Waals surface area contributed by atoms with Gasteiger partial charge in [0, 0.05) is 0 Å². The van der Waals surface area contributed by atoms with E-state index in [2.05, 4.69) is 4.74 Å². The molecule has 0 radical (unpaired) electrons. The van der Waals surface area contributed by atoms with Crippen LogP contribution in [0, 0.1) is 0 Å². The van der Waals surface area contributed by atoms with Gasteiger partial charge in [-0.25, -0.2) is 0 Å². The Balaban J connectivity index is 2.81. The molecule has 0 amide bonds. The average Bonchev–Trinajstić information content (AvgIpc) is 2.06. The van der Waals surface area contributed by atoms with Crippen molar-refractivity contribution in [2.24, 2.45) is 0 Å². The van der Waals surface area contributed by atoms with Gasteiger partial charge in [-0.15, -0.1) is 0 Å². The second kappa shape index (κ2) is 3.68. The molecule has 84 valence electrons. The molecule has 1 rings (SSSR count). The predicted molar refractivity (Wildman–Crippen MR) is 38.3 cm³/mol. The van der Waals surface area contributed by atoms with Crippen LogP contribution in [0.2, 0.25) is 0 Å². The highest BCUT2D eigenvalue weighted by Gasteiger charge is 2.51. The van der Waals surface area contributed by atoms with Crippen molar-refractivity contribution in [2.75, 3.05) is 0 Å². The SMILES string of the molecule is O[C@@H]1[C@@H](O)[C@@H](O)O[C@H](C(O)(O)O)[C@@H]1O. The third kappa shape index (κ3) is 2.02. The van der Waals surface area contributed by atoms with Crippen molar-refractivity contribution in [3.05, 3.63) is 0 Å². The zero-order chi connectivity index (χ0) is 11.1. The van der Waals surface area contributed by atoms with E-state index in [-0.39, 0.29) is 0 Å². The van der Waals surface area contributed by atoms with E-state index in [4.69, 9.17) is 35.7 Å². The summed E-state index contributed by atoms with van der Waals surface area (Å²) in [6.07, 6.45) is -9.54. The molecule has 0 aromatic rings. The van der Waals surface area contributed by atoms with Gasteiger partial charge < -0.3 is 40.5 Å². The highest BCUT2D eigenvalue weighted by atomic mass is 16.7. The first kappa shape index (κ1) is 11.8. The Morgan fingerprint density at radius 1 is 0.786 bits per heavy atom. The lowest BCUT2D eigenvalue weighted by Gasteiger charge is -2.40. The standard InChI is InChI=1S/C6H12O8/c7-1-2(8)4(6(11,12)13)14-5(10)3(1)9/h1-5,7-13H/t1-,2+,3+,4-,5-/m0/s1. The maximum Gasteiger partial charge on any atom is 0.306 e. The van der Waals surface area contributed by atoms with E-state index in [0.717, 1.165) is 0 Å². The van der Waals surface area contributed by atoms with Crippen molar-refractivity contribution in [1.29, 1.82) is 0 Å². The predicted octanol–water partition coefficient (Wildman–Crippen LogP) is -4.58. The number of aliphatic hydroxyl groups is 7. The Morgan fingerprint density at radius 2 is 1.29 bits per heavy atom. The van der Waals surface area contributed by atoms with Crippen LogP contribution in [0.15, 0.2) is 0 Å². The lowest BCUT2D eigenvalue weighted by Crippen LogP contribution is -2.64. The molecule has 0 aromatic carbocycles. The van der Waals surface area contributed by atoms with Gasteiger partial charge in [0.15, 0.2) is 12.4 Å². The lowest BCUT2D eigenvalue weighted by molar-refractivity contribution is -0.414. The van der Waals surface area contributed by atoms with Crippen LogP contribution in [0.1, 0.15) is 0 Å². The highest BCUT2D eigenvalue weighted by Crippen LogP contribution is 2.24. The molecule has 1 heterocycles. The van der Waals surface area contributed by atoms with Crippen LogP contribution in [0.25, 0.3) is 0 Å². The average molecular weight is 212 g/mol. The van der Waals surface area contributed by atoms with Gasteiger partial charge in [-0.3, -0.25) is 0 Å². The van der Waals surface area contributed by atoms with Gasteiger partial charge in [0.2, 0.25) is 0 Å². The molecule has 0 aromatic heterocycles. The summed E-state index contributed by atoms with van der Waals surface area (Å²) in [4.78, 5) is 0. The molecule has 0 saturated carbocycles. The molecule has 0 aliphatic carbocycles. The fraction of sp³-hybridized carbons (Fsp3) is 1.00. The number of hydrogen-bond acceptors (Lipinski definition) is 8. The lowest BCUT2D eigenvalue weighted by atomic mass is 9.97. The molecule has 8 nitrogen and oxygen atoms in total. The second-order valence-corrected chi connectivity index (χ2v) is 3.11. The maximum atomic E-state index is 9.14. The fourth-order valence-corrected chi connectivity index (χ4v) is 1.18. The summed E-state index contributed by atoms with van der Waals surface area (Å²) in [6.45, 7) is 0. The van der Waals surface area contributed by atoms with Crippen molar-refractivity contribution >= 4 is 0 Å². The fourth-order valence-electron chi connectivity index (χ4n) is 1.18. The maximum absolute atomic E-state index is 9.14. The third-order valence-corrected chi connectivity index (χ3v) is 1.97. The second-order valence-electron chi connectivity index (χ2n) is 3.11. The summed E-state index contributed by atoms with van der Waals surface area (Å²) >= 11 is 0. The van der Waals surface area contributed by atoms with Gasteiger partial charge in [-0.2, -0.15) is 0 Å². The van der Waals surface area contributed by atoms with Crippen LogP contribution in [0.3, 0.4) is 0 Å². The van der Waals surface area contributed by atoms with Crippen LogP contribution < -0.4 is 0 Å². The smallest absolute Gasteiger partial charge is 0.306 e. The van der Waals surface area contributed by atoms with Crippen LogP contribution >= 0.6 is 0 Å². The number of aliphatic hydroxyl groups excluding tert-OH is 4. The van der Waals surface area contributed by atoms with E-state index in [0.29, 0.717) is 0 Å². The number of rotatable bonds is 1. The minimum atomic E-state index is -3.42. The molecule has 5 atom stereocenters. The van der Waals surface area contributed by atoms with E-state index in [1.165, 1.54) is 0 Å². The van der Waals surface area contributed by atoms with Crippen LogP contribution in [-0.2, 0) is 4.74 Å². The molecule has 0 bridgehead atoms. The summed E-state index contributed by atoms with van der Waals surface area (Å²) < 4.78 is 4.29. The van der Waals surface area contributed by atoms with Crippen LogP contribution in [0.4, 0.5) is 0 Å². The van der Waals surface area contributed by atoms with E-state index in [1.807, 2.05) is 0 Å². The Hall–Kier alpha value is -0.320. The molecule has 1 saturated heterocycles. The van der Waals surface area contributed by atoms with Gasteiger partial charge in [-0.1, -0.05) is 0 Å². The van der Waals surface area contributed by atoms with Crippen LogP contribution in [0.5, 0.6) is 0 Å². The number of hydrogen-bond donors (Lipinski definition) is 7. The van der Waals surface area contributed by atoms with E-state index < -0.39 is 36.7 Å². The van der Waals surface area contributed by atoms with Crippen molar-refractivity contribution in [2.45, 2.75) is 36.7 Å². The Kier molecular flexibility index (Phi) is 3.09. The molecule has 7 N–H and O–H groups in total. The molecule has 14 heavy (non-hydrogen) atoms. The summed E-state index contributed by atoms with van der Waals surface area (Å²) in [6, 6.07) is 0. The Labute approximate surface area is 78.2 Å². The first-order chi connectivity index (χ1) is 6.25. The minimum Gasteiger partial charge on any atom is -0.387 e. The monoisotopic (exact) mass is 212 g/mol. The van der Waals surface area contributed by atoms with Crippen molar-refractivity contribution in [3.8, 4) is 0 Å². The molecular formula is C6H12O8. The van der Waals surface area contributed by atoms with Gasteiger partial charge in [0.05, 0.1) is 0 Å². The van der Waals surface area contributed by atoms with E-state index in [1.54, 1.807) is 0 Å². The molecule has 0 spiro atoms. The Morgan fingerprint density at radius 3 is 1.71 bits per heavy atom. The third-order valence-electron chi connectivity index (χ3n) is 1.97. The van der Waals surface area contributed by atoms with Gasteiger partial charge in [0.25, 0.3) is 0 Å². The van der Waals surface area contributed by atoms with Crippen molar-refractivity contribution in [3.63, 3.8) is 0 Å². The molecule has 0 unspecified atom stereocenters. The van der Waals surface area contributed by atoms with Crippen molar-refractivity contribution < 1.29 is 40.5 Å². The summed E-state index contributed by atoms with van der Waals surface area (Å²) in [7, 11) is 0. The zero-order valence-electron chi connectivity index (χ0n) is 6.93. The first-order valence-electron chi connectivity index (χ1n) is 3.80. The Bertz CT molecular complexity index is 200. The molecule has 8 heteroatoms. The quantitative estimate of drug-likeness (QED) is 0.214. The normalized spacial score (nSPS) is 45.2. The summed E-state index contributed by atoms with van der Waals surface area (Å²) in [5.74, 6) is -3.42. The van der Waals surface area contributed by atoms with Gasteiger partial charge in [-0.05, 0) is 0 Å². The molecule has 1 fully saturated rings. The molecule has 1 aliphatic rings. The van der Waals surface area contributed by atoms with Gasteiger partial charge in [0.1, 0.15) is 18.3 Å². The summed E-state index contributed by atoms with van der Waals surface area (Å²) in [5.41, 5.74) is 0. The molecule has 1 aliphatic heterocycles. The molecular weight excluding hydrogens is 200 g/mol. The first-order valence-corrected chi connectivity index (χ1v) is 3.80. The topological polar surface area (TPSA) is 151 Å². The van der Waals surface area contributed by atoms with Gasteiger partial charge >= 0.3 is 5.97 Å². The van der Waals surface area contributed by atoms with Crippen LogP contribution in [-0.4, -0.2) is 72.4 Å². The minimum absolute atomic E-state index is 1.79. The largest absolute Gasteiger partial charge is 0.387 e. The summed E-state index contributed by atoms with van der Waals surface area (Å²) in [5, 5.41) is 62.1. The van der Waals surface area contributed by atoms with E-state index in [9.17, 15) is 0 Å². The number of ether oxygens (including phenoxy) is 1. The van der Waals surface area contributed by atoms with E-state index >= 15 is 0 Å². The van der Waals surface area contributed by atoms with Crippen molar-refractivity contribution in [1.82, 2.24) is 0 Å². The highest BCUT2D eigenvalue weighted by molar-refractivity contribution is 4.91. The zero-order valence-corrected chi connectivity index (χ0v) is 6.93.